The van der Waals surface area contributed by atoms with E-state index in [1.54, 1.807) is 0 Å². The molecule has 0 aromatic heterocycles. The Labute approximate surface area is 113 Å². The fourth-order valence-electron chi connectivity index (χ4n) is 1.62. The van der Waals surface area contributed by atoms with Crippen LogP contribution in [0, 0.1) is 0 Å². The Morgan fingerprint density at radius 3 is 2.00 bits per heavy atom. The number of piperazine rings is 1. The second kappa shape index (κ2) is 14.5. The van der Waals surface area contributed by atoms with E-state index in [0.717, 1.165) is 39.1 Å². The van der Waals surface area contributed by atoms with E-state index in [2.05, 4.69) is 21.6 Å². The molecule has 0 aromatic carbocycles. The van der Waals surface area contributed by atoms with Crippen molar-refractivity contribution in [1.82, 2.24) is 9.80 Å². The first-order valence-electron chi connectivity index (χ1n) is 7.20. The van der Waals surface area contributed by atoms with Crippen molar-refractivity contribution in [3.8, 4) is 0 Å². The van der Waals surface area contributed by atoms with Gasteiger partial charge in [-0.15, -0.1) is 0 Å². The molecule has 1 aliphatic rings. The Morgan fingerprint density at radius 2 is 1.56 bits per heavy atom. The second-order valence-electron chi connectivity index (χ2n) is 3.82. The normalized spacial score (nSPS) is 15.9. The van der Waals surface area contributed by atoms with E-state index in [4.69, 9.17) is 0 Å². The molecular weight excluding hydrogens is 228 g/mol. The molecule has 0 amide bonds. The summed E-state index contributed by atoms with van der Waals surface area (Å²) in [4.78, 5) is 15.6. The van der Waals surface area contributed by atoms with E-state index in [1.165, 1.54) is 7.11 Å². The molecule has 1 saturated heterocycles. The standard InChI is InChI=1S/C10H20N2O2.2C2H6/c1-11-6-8-12(9-7-11)5-3-4-10(13)14-2;2*1-2/h3-9H2,1-2H3;2*1-2H3. The van der Waals surface area contributed by atoms with Gasteiger partial charge in [0.1, 0.15) is 0 Å². The van der Waals surface area contributed by atoms with Crippen LogP contribution >= 0.6 is 0 Å². The highest BCUT2D eigenvalue weighted by Crippen LogP contribution is 2.01. The van der Waals surface area contributed by atoms with E-state index < -0.39 is 0 Å². The molecule has 4 heteroatoms. The van der Waals surface area contributed by atoms with Gasteiger partial charge in [0.05, 0.1) is 7.11 Å². The van der Waals surface area contributed by atoms with Gasteiger partial charge in [0, 0.05) is 32.6 Å². The van der Waals surface area contributed by atoms with Gasteiger partial charge in [0.25, 0.3) is 0 Å². The first-order valence-corrected chi connectivity index (χ1v) is 7.20. The van der Waals surface area contributed by atoms with Crippen molar-refractivity contribution in [3.63, 3.8) is 0 Å². The molecule has 0 radical (unpaired) electrons. The lowest BCUT2D eigenvalue weighted by Gasteiger charge is -2.32. The summed E-state index contributed by atoms with van der Waals surface area (Å²) < 4.78 is 4.59. The molecule has 0 atom stereocenters. The van der Waals surface area contributed by atoms with Crippen molar-refractivity contribution in [1.29, 1.82) is 0 Å². The fraction of sp³-hybridized carbons (Fsp3) is 0.929. The summed E-state index contributed by atoms with van der Waals surface area (Å²) in [5.41, 5.74) is 0. The van der Waals surface area contributed by atoms with Crippen molar-refractivity contribution in [2.24, 2.45) is 0 Å². The van der Waals surface area contributed by atoms with Crippen LogP contribution in [0.15, 0.2) is 0 Å². The number of likely N-dealkylation sites (N-methyl/N-ethyl adjacent to an activating group) is 1. The van der Waals surface area contributed by atoms with Crippen molar-refractivity contribution < 1.29 is 9.53 Å². The summed E-state index contributed by atoms with van der Waals surface area (Å²) in [6.07, 6.45) is 1.46. The van der Waals surface area contributed by atoms with Gasteiger partial charge >= 0.3 is 5.97 Å². The molecule has 0 bridgehead atoms. The Bertz CT molecular complexity index is 179. The van der Waals surface area contributed by atoms with Crippen LogP contribution in [0.5, 0.6) is 0 Å². The van der Waals surface area contributed by atoms with Crippen LogP contribution in [0.2, 0.25) is 0 Å². The van der Waals surface area contributed by atoms with Gasteiger partial charge in [-0.2, -0.15) is 0 Å². The molecule has 110 valence electrons. The van der Waals surface area contributed by atoms with Crippen molar-refractivity contribution in [3.05, 3.63) is 0 Å². The summed E-state index contributed by atoms with van der Waals surface area (Å²) in [5.74, 6) is -0.0980. The van der Waals surface area contributed by atoms with Crippen LogP contribution in [0.25, 0.3) is 0 Å². The molecule has 0 saturated carbocycles. The monoisotopic (exact) mass is 260 g/mol. The Kier molecular flexibility index (Phi) is 15.8. The maximum absolute atomic E-state index is 10.9. The zero-order chi connectivity index (χ0) is 14.4. The topological polar surface area (TPSA) is 32.8 Å². The van der Waals surface area contributed by atoms with Gasteiger partial charge < -0.3 is 14.5 Å². The summed E-state index contributed by atoms with van der Waals surface area (Å²) in [6.45, 7) is 13.5. The third kappa shape index (κ3) is 10.5. The maximum Gasteiger partial charge on any atom is 0.305 e. The predicted octanol–water partition coefficient (Wildman–Crippen LogP) is 2.24. The molecule has 1 heterocycles. The molecule has 0 N–H and O–H groups in total. The number of carbonyl (C=O) groups excluding carboxylic acids is 1. The number of methoxy groups -OCH3 is 1. The van der Waals surface area contributed by atoms with Crippen LogP contribution < -0.4 is 0 Å². The molecule has 18 heavy (non-hydrogen) atoms. The zero-order valence-corrected chi connectivity index (χ0v) is 13.2. The number of nitrogens with zero attached hydrogens (tertiary/aromatic N) is 2. The number of esters is 1. The molecule has 0 aliphatic carbocycles. The van der Waals surface area contributed by atoms with E-state index in [1.807, 2.05) is 27.7 Å². The SMILES string of the molecule is CC.CC.COC(=O)CCCN1CCN(C)CC1. The average Bonchev–Trinajstić information content (AvgIpc) is 2.45. The first-order chi connectivity index (χ1) is 8.72. The van der Waals surface area contributed by atoms with Gasteiger partial charge in [0.15, 0.2) is 0 Å². The molecule has 0 spiro atoms. The average molecular weight is 260 g/mol. The largest absolute Gasteiger partial charge is 0.469 e. The lowest BCUT2D eigenvalue weighted by atomic mass is 10.2. The van der Waals surface area contributed by atoms with Crippen LogP contribution in [-0.4, -0.2) is 62.7 Å². The van der Waals surface area contributed by atoms with Gasteiger partial charge in [-0.3, -0.25) is 4.79 Å². The van der Waals surface area contributed by atoms with Gasteiger partial charge in [0.2, 0.25) is 0 Å². The third-order valence-electron chi connectivity index (χ3n) is 2.68. The van der Waals surface area contributed by atoms with Crippen LogP contribution in [-0.2, 0) is 9.53 Å². The molecular formula is C14H32N2O2. The Hall–Kier alpha value is -0.610. The van der Waals surface area contributed by atoms with Crippen LogP contribution in [0.1, 0.15) is 40.5 Å². The van der Waals surface area contributed by atoms with Crippen molar-refractivity contribution >= 4 is 5.97 Å². The summed E-state index contributed by atoms with van der Waals surface area (Å²) in [5, 5.41) is 0. The van der Waals surface area contributed by atoms with Crippen LogP contribution in [0.4, 0.5) is 0 Å². The summed E-state index contributed by atoms with van der Waals surface area (Å²) in [7, 11) is 3.59. The van der Waals surface area contributed by atoms with Gasteiger partial charge in [-0.05, 0) is 20.0 Å². The number of ether oxygens (including phenoxy) is 1. The quantitative estimate of drug-likeness (QED) is 0.726. The highest BCUT2D eigenvalue weighted by atomic mass is 16.5. The second-order valence-corrected chi connectivity index (χ2v) is 3.82. The summed E-state index contributed by atoms with van der Waals surface area (Å²) >= 11 is 0. The predicted molar refractivity (Wildman–Crippen MR) is 77.9 cm³/mol. The van der Waals surface area contributed by atoms with Gasteiger partial charge in [-0.1, -0.05) is 27.7 Å². The molecule has 1 rings (SSSR count). The van der Waals surface area contributed by atoms with E-state index in [0.29, 0.717) is 6.42 Å². The van der Waals surface area contributed by atoms with Gasteiger partial charge in [-0.25, -0.2) is 0 Å². The minimum atomic E-state index is -0.0980. The van der Waals surface area contributed by atoms with E-state index >= 15 is 0 Å². The third-order valence-corrected chi connectivity index (χ3v) is 2.68. The number of hydrogen-bond donors (Lipinski definition) is 0. The van der Waals surface area contributed by atoms with Crippen molar-refractivity contribution in [2.75, 3.05) is 46.9 Å². The lowest BCUT2D eigenvalue weighted by Crippen LogP contribution is -2.44. The fourth-order valence-corrected chi connectivity index (χ4v) is 1.62. The smallest absolute Gasteiger partial charge is 0.305 e. The number of hydrogen-bond acceptors (Lipinski definition) is 4. The molecule has 0 unspecified atom stereocenters. The van der Waals surface area contributed by atoms with Crippen molar-refractivity contribution in [2.45, 2.75) is 40.5 Å². The first kappa shape index (κ1) is 19.7. The molecule has 0 aromatic rings. The highest BCUT2D eigenvalue weighted by Gasteiger charge is 2.13. The maximum atomic E-state index is 10.9. The zero-order valence-electron chi connectivity index (χ0n) is 13.2. The van der Waals surface area contributed by atoms with E-state index in [9.17, 15) is 4.79 Å². The molecule has 1 fully saturated rings. The molecule has 4 nitrogen and oxygen atoms in total. The number of rotatable bonds is 4. The van der Waals surface area contributed by atoms with Crippen LogP contribution in [0.3, 0.4) is 0 Å². The van der Waals surface area contributed by atoms with E-state index in [-0.39, 0.29) is 5.97 Å². The summed E-state index contributed by atoms with van der Waals surface area (Å²) in [6, 6.07) is 0. The number of carbonyl (C=O) groups is 1. The lowest BCUT2D eigenvalue weighted by molar-refractivity contribution is -0.140. The minimum Gasteiger partial charge on any atom is -0.469 e. The minimum absolute atomic E-state index is 0.0980. The Balaban J connectivity index is 0. The Morgan fingerprint density at radius 1 is 1.06 bits per heavy atom. The molecule has 1 aliphatic heterocycles. The highest BCUT2D eigenvalue weighted by molar-refractivity contribution is 5.69.